The molecule has 10 heteroatoms. The van der Waals surface area contributed by atoms with Crippen molar-refractivity contribution in [2.45, 2.75) is 50.3 Å². The summed E-state index contributed by atoms with van der Waals surface area (Å²) in [4.78, 5) is 17.8. The number of carboxylic acid groups (broad SMARTS) is 1. The molecule has 2 aromatic heterocycles. The highest BCUT2D eigenvalue weighted by atomic mass is 16.5. The fourth-order valence-electron chi connectivity index (χ4n) is 6.98. The van der Waals surface area contributed by atoms with Crippen molar-refractivity contribution in [3.8, 4) is 17.6 Å². The van der Waals surface area contributed by atoms with Gasteiger partial charge in [0.25, 0.3) is 0 Å². The van der Waals surface area contributed by atoms with E-state index in [0.29, 0.717) is 41.5 Å². The van der Waals surface area contributed by atoms with Crippen molar-refractivity contribution in [1.82, 2.24) is 19.7 Å². The highest BCUT2D eigenvalue weighted by Gasteiger charge is 2.53. The summed E-state index contributed by atoms with van der Waals surface area (Å²) in [6.07, 6.45) is 6.42. The number of nitrogens with zero attached hydrogens (tertiary/aromatic N) is 4. The predicted molar refractivity (Wildman–Crippen MR) is 151 cm³/mol. The molecule has 0 unspecified atom stereocenters. The summed E-state index contributed by atoms with van der Waals surface area (Å²) in [5.41, 5.74) is 3.29. The lowest BCUT2D eigenvalue weighted by Gasteiger charge is -2.47. The minimum atomic E-state index is -0.815. The van der Waals surface area contributed by atoms with Gasteiger partial charge in [0, 0.05) is 66.2 Å². The van der Waals surface area contributed by atoms with E-state index in [-0.39, 0.29) is 6.10 Å². The standard InChI is InChI=1S/C31H33N5O5/c1-18-11-25(39-2)26(24-5-6-33-27(18)24)31(14-21(15-31)30(37)38)36-17-20-4-3-19(16-32)29(28(20)34-36)41-23-12-22(13-23)35-7-9-40-10-8-35/h3-6,11,17,21-23,33H,7-10,12-15H2,1-2H3,(H,37,38). The predicted octanol–water partition coefficient (Wildman–Crippen LogP) is 4.19. The number of aliphatic carboxylic acids is 1. The van der Waals surface area contributed by atoms with Crippen LogP contribution in [0.15, 0.2) is 36.7 Å². The second-order valence-corrected chi connectivity index (χ2v) is 11.6. The number of nitrogens with one attached hydrogen (secondary N) is 1. The van der Waals surface area contributed by atoms with Gasteiger partial charge in [0.05, 0.1) is 37.3 Å². The molecule has 0 bridgehead atoms. The minimum Gasteiger partial charge on any atom is -0.496 e. The lowest BCUT2D eigenvalue weighted by atomic mass is 9.63. The fourth-order valence-corrected chi connectivity index (χ4v) is 6.98. The number of hydrogen-bond acceptors (Lipinski definition) is 7. The summed E-state index contributed by atoms with van der Waals surface area (Å²) in [5, 5.41) is 26.7. The molecular weight excluding hydrogens is 522 g/mol. The Labute approximate surface area is 237 Å². The Bertz CT molecular complexity index is 1680. The number of rotatable bonds is 7. The van der Waals surface area contributed by atoms with E-state index < -0.39 is 17.4 Å². The van der Waals surface area contributed by atoms with Crippen LogP contribution in [0.1, 0.15) is 42.4 Å². The quantitative estimate of drug-likeness (QED) is 0.348. The number of carboxylic acids is 1. The molecule has 41 heavy (non-hydrogen) atoms. The van der Waals surface area contributed by atoms with Crippen molar-refractivity contribution in [2.24, 2.45) is 5.92 Å². The second kappa shape index (κ2) is 9.79. The lowest BCUT2D eigenvalue weighted by molar-refractivity contribution is -0.148. The Morgan fingerprint density at radius 3 is 2.73 bits per heavy atom. The smallest absolute Gasteiger partial charge is 0.306 e. The molecule has 3 heterocycles. The number of aryl methyl sites for hydroxylation is 1. The van der Waals surface area contributed by atoms with Gasteiger partial charge in [-0.2, -0.15) is 10.4 Å². The van der Waals surface area contributed by atoms with Gasteiger partial charge in [-0.25, -0.2) is 0 Å². The van der Waals surface area contributed by atoms with Crippen LogP contribution in [-0.2, 0) is 15.1 Å². The van der Waals surface area contributed by atoms with Crippen molar-refractivity contribution in [1.29, 1.82) is 5.26 Å². The van der Waals surface area contributed by atoms with E-state index in [9.17, 15) is 15.2 Å². The van der Waals surface area contributed by atoms with Gasteiger partial charge >= 0.3 is 5.97 Å². The van der Waals surface area contributed by atoms with E-state index in [1.165, 1.54) is 0 Å². The number of ether oxygens (including phenoxy) is 3. The molecule has 4 aromatic rings. The first kappa shape index (κ1) is 25.9. The first-order valence-corrected chi connectivity index (χ1v) is 14.2. The largest absolute Gasteiger partial charge is 0.496 e. The van der Waals surface area contributed by atoms with Crippen LogP contribution in [0.25, 0.3) is 21.8 Å². The Morgan fingerprint density at radius 2 is 2.02 bits per heavy atom. The summed E-state index contributed by atoms with van der Waals surface area (Å²) >= 11 is 0. The first-order valence-electron chi connectivity index (χ1n) is 14.2. The molecule has 0 amide bonds. The summed E-state index contributed by atoms with van der Waals surface area (Å²) in [6.45, 7) is 5.44. The number of hydrogen-bond donors (Lipinski definition) is 2. The van der Waals surface area contributed by atoms with E-state index in [1.807, 2.05) is 42.2 Å². The van der Waals surface area contributed by atoms with Crippen LogP contribution >= 0.6 is 0 Å². The molecule has 3 fully saturated rings. The zero-order chi connectivity index (χ0) is 28.3. The van der Waals surface area contributed by atoms with Crippen molar-refractivity contribution >= 4 is 27.8 Å². The summed E-state index contributed by atoms with van der Waals surface area (Å²) in [6, 6.07) is 10.4. The Balaban J connectivity index is 1.29. The first-order chi connectivity index (χ1) is 19.9. The van der Waals surface area contributed by atoms with E-state index in [1.54, 1.807) is 13.2 Å². The molecule has 2 aliphatic carbocycles. The number of aromatic nitrogens is 3. The molecule has 1 aliphatic heterocycles. The Hall–Kier alpha value is -4.07. The third-order valence-electron chi connectivity index (χ3n) is 9.31. The Kier molecular flexibility index (Phi) is 6.17. The number of fused-ring (bicyclic) bond motifs is 2. The zero-order valence-electron chi connectivity index (χ0n) is 23.2. The second-order valence-electron chi connectivity index (χ2n) is 11.6. The van der Waals surface area contributed by atoms with E-state index in [0.717, 1.165) is 66.6 Å². The number of carbonyl (C=O) groups is 1. The number of methoxy groups -OCH3 is 1. The van der Waals surface area contributed by atoms with Crippen molar-refractivity contribution in [2.75, 3.05) is 33.4 Å². The van der Waals surface area contributed by atoms with Gasteiger partial charge in [-0.3, -0.25) is 14.4 Å². The molecule has 0 atom stereocenters. The highest BCUT2D eigenvalue weighted by molar-refractivity contribution is 5.91. The minimum absolute atomic E-state index is 0.0106. The zero-order valence-corrected chi connectivity index (χ0v) is 23.2. The lowest BCUT2D eigenvalue weighted by Crippen LogP contribution is -2.52. The van der Waals surface area contributed by atoms with Crippen LogP contribution < -0.4 is 9.47 Å². The van der Waals surface area contributed by atoms with Gasteiger partial charge in [-0.1, -0.05) is 0 Å². The monoisotopic (exact) mass is 555 g/mol. The van der Waals surface area contributed by atoms with Crippen LogP contribution in [0.3, 0.4) is 0 Å². The van der Waals surface area contributed by atoms with Crippen molar-refractivity contribution in [3.05, 3.63) is 53.3 Å². The summed E-state index contributed by atoms with van der Waals surface area (Å²) in [7, 11) is 1.64. The average molecular weight is 556 g/mol. The third-order valence-corrected chi connectivity index (χ3v) is 9.31. The Morgan fingerprint density at radius 1 is 1.24 bits per heavy atom. The van der Waals surface area contributed by atoms with E-state index in [4.69, 9.17) is 19.3 Å². The molecule has 3 aliphatic rings. The van der Waals surface area contributed by atoms with Gasteiger partial charge in [0.2, 0.25) is 0 Å². The molecule has 1 saturated heterocycles. The molecule has 7 rings (SSSR count). The molecule has 10 nitrogen and oxygen atoms in total. The molecule has 0 spiro atoms. The van der Waals surface area contributed by atoms with Crippen LogP contribution in [0.2, 0.25) is 0 Å². The summed E-state index contributed by atoms with van der Waals surface area (Å²) in [5.74, 6) is -0.110. The van der Waals surface area contributed by atoms with Crippen LogP contribution in [0.5, 0.6) is 11.5 Å². The third kappa shape index (κ3) is 4.06. The number of H-pyrrole nitrogens is 1. The van der Waals surface area contributed by atoms with Crippen molar-refractivity contribution < 1.29 is 24.1 Å². The molecule has 212 valence electrons. The maximum atomic E-state index is 12.0. The average Bonchev–Trinajstić information content (AvgIpc) is 3.59. The number of nitriles is 1. The summed E-state index contributed by atoms with van der Waals surface area (Å²) < 4.78 is 19.8. The maximum absolute atomic E-state index is 12.0. The number of morpholine rings is 1. The van der Waals surface area contributed by atoms with Gasteiger partial charge in [0.1, 0.15) is 23.4 Å². The van der Waals surface area contributed by atoms with Gasteiger partial charge in [-0.15, -0.1) is 0 Å². The SMILES string of the molecule is COc1cc(C)c2[nH]ccc2c1C1(n2cc3ccc(C#N)c(OC4CC(N5CCOCC5)C4)c3n2)CC(C(=O)O)C1. The molecular formula is C31H33N5O5. The number of aromatic amines is 1. The van der Waals surface area contributed by atoms with Crippen LogP contribution in [0.4, 0.5) is 0 Å². The van der Waals surface area contributed by atoms with E-state index in [2.05, 4.69) is 16.0 Å². The molecule has 0 radical (unpaired) electrons. The normalized spacial score (nSPS) is 26.3. The maximum Gasteiger partial charge on any atom is 0.306 e. The van der Waals surface area contributed by atoms with E-state index >= 15 is 0 Å². The molecule has 2 N–H and O–H groups in total. The van der Waals surface area contributed by atoms with Gasteiger partial charge in [-0.05, 0) is 49.6 Å². The highest BCUT2D eigenvalue weighted by Crippen LogP contribution is 2.54. The molecule has 2 aromatic carbocycles. The van der Waals surface area contributed by atoms with Crippen LogP contribution in [0, 0.1) is 24.2 Å². The van der Waals surface area contributed by atoms with Gasteiger partial charge < -0.3 is 24.3 Å². The number of benzene rings is 2. The van der Waals surface area contributed by atoms with Crippen molar-refractivity contribution in [3.63, 3.8) is 0 Å². The fraction of sp³-hybridized carbons (Fsp3) is 0.452. The topological polar surface area (TPSA) is 126 Å². The van der Waals surface area contributed by atoms with Gasteiger partial charge in [0.15, 0.2) is 5.75 Å². The molecule has 2 saturated carbocycles. The van der Waals surface area contributed by atoms with Crippen LogP contribution in [-0.4, -0.2) is 76.3 Å².